The fourth-order valence-electron chi connectivity index (χ4n) is 4.56. The molecule has 27 heavy (non-hydrogen) atoms. The first-order chi connectivity index (χ1) is 12.6. The molecule has 0 spiro atoms. The molecule has 0 saturated heterocycles. The summed E-state index contributed by atoms with van der Waals surface area (Å²) in [4.78, 5) is 45.6. The van der Waals surface area contributed by atoms with Gasteiger partial charge in [-0.25, -0.2) is 0 Å². The fourth-order valence-corrected chi connectivity index (χ4v) is 4.56. The predicted molar refractivity (Wildman–Crippen MR) is 95.2 cm³/mol. The fraction of sp³-hybridized carbons (Fsp3) is 0.789. The van der Waals surface area contributed by atoms with E-state index in [-0.39, 0.29) is 36.5 Å². The number of carboxylic acids is 4. The molecule has 1 aliphatic rings. The van der Waals surface area contributed by atoms with Crippen molar-refractivity contribution in [1.82, 2.24) is 0 Å². The van der Waals surface area contributed by atoms with Gasteiger partial charge in [0.05, 0.1) is 0 Å². The van der Waals surface area contributed by atoms with E-state index in [2.05, 4.69) is 0 Å². The van der Waals surface area contributed by atoms with Crippen LogP contribution in [0.15, 0.2) is 0 Å². The van der Waals surface area contributed by atoms with Crippen molar-refractivity contribution in [1.29, 1.82) is 0 Å². The Balaban J connectivity index is 3.26. The van der Waals surface area contributed by atoms with E-state index in [9.17, 15) is 39.6 Å². The monoisotopic (exact) mass is 386 g/mol. The first-order valence-corrected chi connectivity index (χ1v) is 9.51. The van der Waals surface area contributed by atoms with Gasteiger partial charge in [-0.1, -0.05) is 46.0 Å². The lowest BCUT2D eigenvalue weighted by Gasteiger charge is -2.36. The molecule has 4 unspecified atom stereocenters. The highest BCUT2D eigenvalue weighted by Gasteiger charge is 2.42. The van der Waals surface area contributed by atoms with Crippen LogP contribution in [-0.2, 0) is 19.2 Å². The average molecular weight is 386 g/mol. The van der Waals surface area contributed by atoms with Crippen LogP contribution < -0.4 is 0 Å². The molecule has 8 nitrogen and oxygen atoms in total. The minimum absolute atomic E-state index is 0.00120. The molecule has 8 heteroatoms. The van der Waals surface area contributed by atoms with Gasteiger partial charge in [0.2, 0.25) is 0 Å². The Morgan fingerprint density at radius 3 is 1.67 bits per heavy atom. The Kier molecular flexibility index (Phi) is 8.72. The van der Waals surface area contributed by atoms with Crippen LogP contribution in [0.4, 0.5) is 0 Å². The van der Waals surface area contributed by atoms with Crippen molar-refractivity contribution in [2.45, 2.75) is 58.8 Å². The molecule has 0 aromatic carbocycles. The van der Waals surface area contributed by atoms with Crippen LogP contribution >= 0.6 is 0 Å². The van der Waals surface area contributed by atoms with Crippen molar-refractivity contribution < 1.29 is 39.6 Å². The summed E-state index contributed by atoms with van der Waals surface area (Å²) in [5.41, 5.74) is 0. The van der Waals surface area contributed by atoms with Crippen molar-refractivity contribution >= 4 is 23.9 Å². The molecule has 0 aromatic rings. The lowest BCUT2D eigenvalue weighted by molar-refractivity contribution is -0.159. The second-order valence-electron chi connectivity index (χ2n) is 7.71. The molecule has 154 valence electrons. The van der Waals surface area contributed by atoms with E-state index in [0.29, 0.717) is 0 Å². The molecule has 0 aromatic heterocycles. The Bertz CT molecular complexity index is 530. The van der Waals surface area contributed by atoms with E-state index in [1.54, 1.807) is 0 Å². The van der Waals surface area contributed by atoms with Gasteiger partial charge in [0.15, 0.2) is 11.8 Å². The third-order valence-electron chi connectivity index (χ3n) is 5.99. The van der Waals surface area contributed by atoms with Crippen LogP contribution in [0.1, 0.15) is 58.8 Å². The topological polar surface area (TPSA) is 149 Å². The highest BCUT2D eigenvalue weighted by atomic mass is 16.4. The second kappa shape index (κ2) is 10.3. The summed E-state index contributed by atoms with van der Waals surface area (Å²) in [6.45, 7) is 3.91. The van der Waals surface area contributed by atoms with Gasteiger partial charge < -0.3 is 20.4 Å². The third-order valence-corrected chi connectivity index (χ3v) is 5.99. The molecule has 0 heterocycles. The van der Waals surface area contributed by atoms with Crippen molar-refractivity contribution in [3.8, 4) is 0 Å². The van der Waals surface area contributed by atoms with Crippen molar-refractivity contribution in [3.05, 3.63) is 0 Å². The minimum atomic E-state index is -1.58. The van der Waals surface area contributed by atoms with Gasteiger partial charge in [-0.15, -0.1) is 0 Å². The lowest BCUT2D eigenvalue weighted by Crippen LogP contribution is -2.36. The van der Waals surface area contributed by atoms with Crippen LogP contribution in [-0.4, -0.2) is 44.3 Å². The van der Waals surface area contributed by atoms with Gasteiger partial charge in [0, 0.05) is 0 Å². The molecule has 1 aliphatic carbocycles. The van der Waals surface area contributed by atoms with Crippen LogP contribution in [0, 0.1) is 35.5 Å². The summed E-state index contributed by atoms with van der Waals surface area (Å²) in [5.74, 6) is -9.43. The summed E-state index contributed by atoms with van der Waals surface area (Å²) >= 11 is 0. The van der Waals surface area contributed by atoms with E-state index >= 15 is 0 Å². The molecule has 0 bridgehead atoms. The van der Waals surface area contributed by atoms with Crippen LogP contribution in [0.5, 0.6) is 0 Å². The van der Waals surface area contributed by atoms with Gasteiger partial charge in [-0.05, 0) is 36.5 Å². The zero-order chi connectivity index (χ0) is 20.7. The third kappa shape index (κ3) is 6.22. The van der Waals surface area contributed by atoms with E-state index in [1.807, 2.05) is 13.8 Å². The maximum absolute atomic E-state index is 11.4. The SMILES string of the molecule is CCCC1CCCC(C)C(CC(C(=O)O)C(=O)O)C1CC(C(=O)O)C(=O)O. The van der Waals surface area contributed by atoms with Crippen molar-refractivity contribution in [2.75, 3.05) is 0 Å². The van der Waals surface area contributed by atoms with Crippen molar-refractivity contribution in [2.24, 2.45) is 35.5 Å². The molecule has 0 aliphatic heterocycles. The summed E-state index contributed by atoms with van der Waals surface area (Å²) < 4.78 is 0. The minimum Gasteiger partial charge on any atom is -0.481 e. The largest absolute Gasteiger partial charge is 0.481 e. The van der Waals surface area contributed by atoms with E-state index < -0.39 is 35.7 Å². The summed E-state index contributed by atoms with van der Waals surface area (Å²) in [7, 11) is 0. The van der Waals surface area contributed by atoms with E-state index in [0.717, 1.165) is 32.1 Å². The van der Waals surface area contributed by atoms with Gasteiger partial charge in [-0.3, -0.25) is 19.2 Å². The maximum atomic E-state index is 11.4. The number of rotatable bonds is 10. The lowest BCUT2D eigenvalue weighted by atomic mass is 9.68. The maximum Gasteiger partial charge on any atom is 0.317 e. The highest BCUT2D eigenvalue weighted by molar-refractivity contribution is 5.93. The normalized spacial score (nSPS) is 25.9. The number of hydrogen-bond acceptors (Lipinski definition) is 4. The Hall–Kier alpha value is -2.12. The van der Waals surface area contributed by atoms with Crippen LogP contribution in [0.3, 0.4) is 0 Å². The first-order valence-electron chi connectivity index (χ1n) is 9.51. The number of aliphatic carboxylic acids is 4. The first kappa shape index (κ1) is 22.9. The van der Waals surface area contributed by atoms with Crippen LogP contribution in [0.2, 0.25) is 0 Å². The molecule has 4 atom stereocenters. The van der Waals surface area contributed by atoms with Gasteiger partial charge in [-0.2, -0.15) is 0 Å². The second-order valence-corrected chi connectivity index (χ2v) is 7.71. The molecular weight excluding hydrogens is 356 g/mol. The van der Waals surface area contributed by atoms with E-state index in [4.69, 9.17) is 0 Å². The molecule has 1 rings (SSSR count). The molecule has 1 fully saturated rings. The number of carboxylic acid groups (broad SMARTS) is 4. The van der Waals surface area contributed by atoms with E-state index in [1.165, 1.54) is 0 Å². The predicted octanol–water partition coefficient (Wildman–Crippen LogP) is 2.81. The average Bonchev–Trinajstić information content (AvgIpc) is 2.68. The molecule has 0 radical (unpaired) electrons. The molecule has 4 N–H and O–H groups in total. The molecule has 1 saturated carbocycles. The highest BCUT2D eigenvalue weighted by Crippen LogP contribution is 2.45. The zero-order valence-electron chi connectivity index (χ0n) is 15.8. The number of carbonyl (C=O) groups is 4. The van der Waals surface area contributed by atoms with Crippen LogP contribution in [0.25, 0.3) is 0 Å². The summed E-state index contributed by atoms with van der Waals surface area (Å²) in [6, 6.07) is 0. The molecule has 0 amide bonds. The van der Waals surface area contributed by atoms with Gasteiger partial charge in [0.25, 0.3) is 0 Å². The van der Waals surface area contributed by atoms with Gasteiger partial charge in [0.1, 0.15) is 0 Å². The standard InChI is InChI=1S/C19H30O8/c1-3-5-11-7-4-6-10(2)12(8-14(16(20)21)17(22)23)13(11)9-15(18(24)25)19(26)27/h10-15H,3-9H2,1-2H3,(H,20,21)(H,22,23)(H,24,25)(H,26,27). The zero-order valence-corrected chi connectivity index (χ0v) is 15.8. The Labute approximate surface area is 158 Å². The summed E-state index contributed by atoms with van der Waals surface area (Å²) in [5, 5.41) is 37.2. The Morgan fingerprint density at radius 1 is 0.815 bits per heavy atom. The smallest absolute Gasteiger partial charge is 0.317 e. The quantitative estimate of drug-likeness (QED) is 0.331. The van der Waals surface area contributed by atoms with Gasteiger partial charge >= 0.3 is 23.9 Å². The van der Waals surface area contributed by atoms with Crippen molar-refractivity contribution in [3.63, 3.8) is 0 Å². The Morgan fingerprint density at radius 2 is 1.26 bits per heavy atom. The summed E-state index contributed by atoms with van der Waals surface area (Å²) in [6.07, 6.45) is 3.90. The number of hydrogen-bond donors (Lipinski definition) is 4. The molecular formula is C19H30O8.